The SMILES string of the molecule is COC(=O)[C@H](Cc1ccc(-c2ccc(B3OC(C)(C)C(C)(C)O3)cc2)cc1)NC(=O)OC(C)(C)C. The van der Waals surface area contributed by atoms with Crippen molar-refractivity contribution in [3.05, 3.63) is 54.1 Å². The Kier molecular flexibility index (Phi) is 7.67. The van der Waals surface area contributed by atoms with E-state index in [1.165, 1.54) is 7.11 Å². The van der Waals surface area contributed by atoms with Crippen molar-refractivity contribution < 1.29 is 28.4 Å². The number of hydrogen-bond acceptors (Lipinski definition) is 6. The first-order valence-corrected chi connectivity index (χ1v) is 11.8. The molecule has 1 aliphatic heterocycles. The summed E-state index contributed by atoms with van der Waals surface area (Å²) in [5, 5.41) is 2.60. The van der Waals surface area contributed by atoms with Gasteiger partial charge in [0.05, 0.1) is 18.3 Å². The van der Waals surface area contributed by atoms with Crippen LogP contribution in [0.25, 0.3) is 11.1 Å². The van der Waals surface area contributed by atoms with Gasteiger partial charge in [0.15, 0.2) is 0 Å². The van der Waals surface area contributed by atoms with Crippen molar-refractivity contribution in [3.8, 4) is 11.1 Å². The fourth-order valence-corrected chi connectivity index (χ4v) is 3.67. The molecular weight excluding hydrogens is 445 g/mol. The Labute approximate surface area is 208 Å². The van der Waals surface area contributed by atoms with Crippen molar-refractivity contribution in [2.45, 2.75) is 77.7 Å². The van der Waals surface area contributed by atoms with Gasteiger partial charge in [0.1, 0.15) is 11.6 Å². The van der Waals surface area contributed by atoms with Crippen LogP contribution in [-0.2, 0) is 30.0 Å². The van der Waals surface area contributed by atoms with Gasteiger partial charge in [0, 0.05) is 6.42 Å². The molecular formula is C27H36BNO6. The molecule has 7 nitrogen and oxygen atoms in total. The summed E-state index contributed by atoms with van der Waals surface area (Å²) < 4.78 is 22.4. The van der Waals surface area contributed by atoms with E-state index in [0.717, 1.165) is 22.2 Å². The van der Waals surface area contributed by atoms with Gasteiger partial charge in [-0.2, -0.15) is 0 Å². The number of alkyl carbamates (subject to hydrolysis) is 1. The molecule has 1 fully saturated rings. The van der Waals surface area contributed by atoms with Crippen LogP contribution in [-0.4, -0.2) is 49.1 Å². The molecule has 1 aliphatic rings. The highest BCUT2D eigenvalue weighted by Crippen LogP contribution is 2.36. The lowest BCUT2D eigenvalue weighted by Gasteiger charge is -2.32. The van der Waals surface area contributed by atoms with Crippen LogP contribution in [0.4, 0.5) is 4.79 Å². The molecule has 1 atom stereocenters. The largest absolute Gasteiger partial charge is 0.494 e. The van der Waals surface area contributed by atoms with Crippen LogP contribution in [0.2, 0.25) is 0 Å². The predicted molar refractivity (Wildman–Crippen MR) is 136 cm³/mol. The number of esters is 1. The van der Waals surface area contributed by atoms with Gasteiger partial charge < -0.3 is 24.1 Å². The van der Waals surface area contributed by atoms with E-state index in [9.17, 15) is 9.59 Å². The molecule has 0 saturated carbocycles. The first-order valence-electron chi connectivity index (χ1n) is 11.8. The zero-order valence-electron chi connectivity index (χ0n) is 21.9. The van der Waals surface area contributed by atoms with Gasteiger partial charge in [-0.05, 0) is 70.6 Å². The normalized spacial score (nSPS) is 17.5. The topological polar surface area (TPSA) is 83.1 Å². The summed E-state index contributed by atoms with van der Waals surface area (Å²) in [5.74, 6) is -0.529. The molecule has 1 heterocycles. The maximum Gasteiger partial charge on any atom is 0.494 e. The lowest BCUT2D eigenvalue weighted by atomic mass is 9.78. The number of amides is 1. The minimum absolute atomic E-state index is 0.285. The van der Waals surface area contributed by atoms with Crippen molar-refractivity contribution in [1.82, 2.24) is 5.32 Å². The standard InChI is InChI=1S/C27H36BNO6/c1-25(2,3)33-24(31)29-22(23(30)32-8)17-18-9-11-19(12-10-18)20-13-15-21(16-14-20)28-34-26(4,5)27(6,7)35-28/h9-16,22H,17H2,1-8H3,(H,29,31)/t22-/m0/s1. The third-order valence-corrected chi connectivity index (χ3v) is 6.34. The zero-order chi connectivity index (χ0) is 26.0. The molecule has 8 heteroatoms. The quantitative estimate of drug-likeness (QED) is 0.491. The number of nitrogens with one attached hydrogen (secondary N) is 1. The highest BCUT2D eigenvalue weighted by molar-refractivity contribution is 6.62. The summed E-state index contributed by atoms with van der Waals surface area (Å²) in [4.78, 5) is 24.4. The van der Waals surface area contributed by atoms with E-state index < -0.39 is 30.8 Å². The van der Waals surface area contributed by atoms with Crippen LogP contribution in [0, 0.1) is 0 Å². The lowest BCUT2D eigenvalue weighted by Crippen LogP contribution is -2.45. The Morgan fingerprint density at radius 1 is 0.914 bits per heavy atom. The second-order valence-corrected chi connectivity index (χ2v) is 10.8. The molecule has 3 rings (SSSR count). The van der Waals surface area contributed by atoms with Crippen molar-refractivity contribution in [2.24, 2.45) is 0 Å². The van der Waals surface area contributed by atoms with E-state index in [1.54, 1.807) is 20.8 Å². The van der Waals surface area contributed by atoms with Gasteiger partial charge in [-0.15, -0.1) is 0 Å². The molecule has 0 aliphatic carbocycles. The van der Waals surface area contributed by atoms with Crippen molar-refractivity contribution in [2.75, 3.05) is 7.11 Å². The van der Waals surface area contributed by atoms with Crippen LogP contribution < -0.4 is 10.8 Å². The summed E-state index contributed by atoms with van der Waals surface area (Å²) in [7, 11) is 0.895. The Hall–Kier alpha value is -2.84. The predicted octanol–water partition coefficient (Wildman–Crippen LogP) is 4.26. The smallest absolute Gasteiger partial charge is 0.467 e. The Morgan fingerprint density at radius 3 is 1.86 bits per heavy atom. The highest BCUT2D eigenvalue weighted by atomic mass is 16.7. The summed E-state index contributed by atoms with van der Waals surface area (Å²) >= 11 is 0. The average Bonchev–Trinajstić information content (AvgIpc) is 2.99. The van der Waals surface area contributed by atoms with E-state index in [2.05, 4.69) is 5.32 Å². The lowest BCUT2D eigenvalue weighted by molar-refractivity contribution is -0.143. The molecule has 2 aromatic rings. The molecule has 0 aromatic heterocycles. The fourth-order valence-electron chi connectivity index (χ4n) is 3.67. The number of methoxy groups -OCH3 is 1. The molecule has 0 radical (unpaired) electrons. The highest BCUT2D eigenvalue weighted by Gasteiger charge is 2.51. The van der Waals surface area contributed by atoms with Crippen LogP contribution in [0.3, 0.4) is 0 Å². The summed E-state index contributed by atoms with van der Waals surface area (Å²) in [6.07, 6.45) is -0.376. The van der Waals surface area contributed by atoms with Crippen LogP contribution >= 0.6 is 0 Å². The minimum Gasteiger partial charge on any atom is -0.467 e. The first-order chi connectivity index (χ1) is 16.2. The van der Waals surface area contributed by atoms with Crippen LogP contribution in [0.5, 0.6) is 0 Å². The molecule has 188 valence electrons. The van der Waals surface area contributed by atoms with Crippen LogP contribution in [0.1, 0.15) is 54.0 Å². The Bertz CT molecular complexity index is 1020. The maximum absolute atomic E-state index is 12.2. The molecule has 1 amide bonds. The van der Waals surface area contributed by atoms with E-state index in [1.807, 2.05) is 76.2 Å². The number of hydrogen-bond donors (Lipinski definition) is 1. The number of rotatable bonds is 6. The number of carbonyl (C=O) groups excluding carboxylic acids is 2. The van der Waals surface area contributed by atoms with Gasteiger partial charge in [-0.3, -0.25) is 0 Å². The molecule has 0 spiro atoms. The molecule has 0 unspecified atom stereocenters. The third-order valence-electron chi connectivity index (χ3n) is 6.34. The Morgan fingerprint density at radius 2 is 1.40 bits per heavy atom. The van der Waals surface area contributed by atoms with Crippen molar-refractivity contribution in [3.63, 3.8) is 0 Å². The van der Waals surface area contributed by atoms with Crippen molar-refractivity contribution >= 4 is 24.6 Å². The monoisotopic (exact) mass is 481 g/mol. The molecule has 2 aromatic carbocycles. The van der Waals surface area contributed by atoms with Crippen molar-refractivity contribution in [1.29, 1.82) is 0 Å². The summed E-state index contributed by atoms with van der Waals surface area (Å²) in [6.45, 7) is 13.4. The van der Waals surface area contributed by atoms with E-state index in [-0.39, 0.29) is 17.6 Å². The van der Waals surface area contributed by atoms with Gasteiger partial charge in [0.25, 0.3) is 0 Å². The van der Waals surface area contributed by atoms with E-state index >= 15 is 0 Å². The fraction of sp³-hybridized carbons (Fsp3) is 0.481. The number of carbonyl (C=O) groups is 2. The average molecular weight is 481 g/mol. The van der Waals surface area contributed by atoms with Gasteiger partial charge >= 0.3 is 19.2 Å². The first kappa shape index (κ1) is 26.8. The molecule has 1 saturated heterocycles. The van der Waals surface area contributed by atoms with Gasteiger partial charge in [0.2, 0.25) is 0 Å². The second-order valence-electron chi connectivity index (χ2n) is 10.8. The van der Waals surface area contributed by atoms with Gasteiger partial charge in [-0.1, -0.05) is 48.5 Å². The van der Waals surface area contributed by atoms with E-state index in [4.69, 9.17) is 18.8 Å². The summed E-state index contributed by atoms with van der Waals surface area (Å²) in [5.41, 5.74) is 2.51. The maximum atomic E-state index is 12.2. The zero-order valence-corrected chi connectivity index (χ0v) is 21.9. The number of benzene rings is 2. The third kappa shape index (κ3) is 6.64. The number of ether oxygens (including phenoxy) is 2. The molecule has 35 heavy (non-hydrogen) atoms. The molecule has 0 bridgehead atoms. The summed E-state index contributed by atoms with van der Waals surface area (Å²) in [6, 6.07) is 15.1. The molecule has 1 N–H and O–H groups in total. The second kappa shape index (κ2) is 10.0. The minimum atomic E-state index is -0.847. The van der Waals surface area contributed by atoms with Gasteiger partial charge in [-0.25, -0.2) is 9.59 Å². The Balaban J connectivity index is 1.68. The van der Waals surface area contributed by atoms with E-state index in [0.29, 0.717) is 0 Å². The van der Waals surface area contributed by atoms with Crippen LogP contribution in [0.15, 0.2) is 48.5 Å².